The van der Waals surface area contributed by atoms with Gasteiger partial charge in [-0.2, -0.15) is 0 Å². The zero-order valence-corrected chi connectivity index (χ0v) is 16.9. The number of hydrogen-bond donors (Lipinski definition) is 2. The fourth-order valence-corrected chi connectivity index (χ4v) is 5.74. The van der Waals surface area contributed by atoms with Gasteiger partial charge >= 0.3 is 0 Å². The molecular weight excluding hydrogens is 404 g/mol. The molecule has 1 aliphatic rings. The van der Waals surface area contributed by atoms with Gasteiger partial charge in [0.25, 0.3) is 0 Å². The van der Waals surface area contributed by atoms with E-state index in [0.29, 0.717) is 9.23 Å². The van der Waals surface area contributed by atoms with E-state index in [4.69, 9.17) is 11.6 Å². The molecule has 3 heterocycles. The Morgan fingerprint density at radius 1 is 1.22 bits per heavy atom. The Bertz CT molecular complexity index is 1060. The molecule has 27 heavy (non-hydrogen) atoms. The molecule has 0 unspecified atom stereocenters. The number of piperazine rings is 1. The molecule has 0 amide bonds. The highest BCUT2D eigenvalue weighted by atomic mass is 35.5. The molecule has 142 valence electrons. The highest BCUT2D eigenvalue weighted by Crippen LogP contribution is 2.34. The molecular formula is C18H19ClN4O2S2. The van der Waals surface area contributed by atoms with Crippen LogP contribution < -0.4 is 14.9 Å². The van der Waals surface area contributed by atoms with Gasteiger partial charge in [0, 0.05) is 54.0 Å². The summed E-state index contributed by atoms with van der Waals surface area (Å²) in [6.45, 7) is 3.71. The molecule has 2 aromatic heterocycles. The van der Waals surface area contributed by atoms with E-state index >= 15 is 0 Å². The van der Waals surface area contributed by atoms with E-state index in [9.17, 15) is 8.42 Å². The Balaban J connectivity index is 1.61. The average Bonchev–Trinajstić information content (AvgIpc) is 3.13. The van der Waals surface area contributed by atoms with Crippen molar-refractivity contribution < 1.29 is 8.42 Å². The molecule has 0 aliphatic carbocycles. The van der Waals surface area contributed by atoms with Gasteiger partial charge in [0.05, 0.1) is 0 Å². The van der Waals surface area contributed by atoms with Crippen molar-refractivity contribution >= 4 is 48.9 Å². The van der Waals surface area contributed by atoms with Crippen molar-refractivity contribution in [3.05, 3.63) is 53.2 Å². The summed E-state index contributed by atoms with van der Waals surface area (Å²) in [7, 11) is -3.61. The third-order valence-electron chi connectivity index (χ3n) is 4.44. The molecule has 0 spiro atoms. The molecule has 0 saturated carbocycles. The maximum Gasteiger partial charge on any atom is 0.250 e. The minimum absolute atomic E-state index is 0.194. The van der Waals surface area contributed by atoms with E-state index in [1.807, 2.05) is 12.1 Å². The lowest BCUT2D eigenvalue weighted by Crippen LogP contribution is -2.43. The van der Waals surface area contributed by atoms with Crippen LogP contribution in [0.1, 0.15) is 5.56 Å². The first kappa shape index (κ1) is 18.6. The van der Waals surface area contributed by atoms with Gasteiger partial charge in [-0.1, -0.05) is 23.7 Å². The largest absolute Gasteiger partial charge is 0.354 e. The van der Waals surface area contributed by atoms with Crippen LogP contribution in [-0.4, -0.2) is 39.6 Å². The van der Waals surface area contributed by atoms with Crippen molar-refractivity contribution in [2.45, 2.75) is 10.8 Å². The number of halogens is 1. The number of nitrogens with one attached hydrogen (secondary N) is 2. The summed E-state index contributed by atoms with van der Waals surface area (Å²) in [5, 5.41) is 4.78. The Labute approximate surface area is 167 Å². The van der Waals surface area contributed by atoms with Gasteiger partial charge in [0.15, 0.2) is 0 Å². The highest BCUT2D eigenvalue weighted by molar-refractivity contribution is 7.91. The first-order chi connectivity index (χ1) is 13.0. The molecule has 3 aromatic rings. The van der Waals surface area contributed by atoms with Crippen molar-refractivity contribution in [2.75, 3.05) is 31.1 Å². The second-order valence-electron chi connectivity index (χ2n) is 6.30. The predicted octanol–water partition coefficient (Wildman–Crippen LogP) is 2.84. The SMILES string of the molecule is O=S(=O)(NCc1cccc(Cl)c1)c1cc2c(N3CCNCC3)nccc2s1. The van der Waals surface area contributed by atoms with Crippen LogP contribution in [-0.2, 0) is 16.6 Å². The number of nitrogens with zero attached hydrogens (tertiary/aromatic N) is 2. The van der Waals surface area contributed by atoms with E-state index in [-0.39, 0.29) is 6.54 Å². The van der Waals surface area contributed by atoms with Crippen LogP contribution in [0.25, 0.3) is 10.1 Å². The number of aromatic nitrogens is 1. The van der Waals surface area contributed by atoms with Crippen LogP contribution >= 0.6 is 22.9 Å². The second-order valence-corrected chi connectivity index (χ2v) is 9.82. The lowest BCUT2D eigenvalue weighted by molar-refractivity contribution is 0.583. The first-order valence-electron chi connectivity index (χ1n) is 8.61. The molecule has 9 heteroatoms. The van der Waals surface area contributed by atoms with Gasteiger partial charge in [-0.15, -0.1) is 11.3 Å². The molecule has 1 saturated heterocycles. The summed E-state index contributed by atoms with van der Waals surface area (Å²) >= 11 is 7.23. The molecule has 1 aliphatic heterocycles. The highest BCUT2D eigenvalue weighted by Gasteiger charge is 2.21. The van der Waals surface area contributed by atoms with E-state index in [1.54, 1.807) is 30.5 Å². The molecule has 1 fully saturated rings. The van der Waals surface area contributed by atoms with Crippen LogP contribution in [0, 0.1) is 0 Å². The zero-order valence-electron chi connectivity index (χ0n) is 14.5. The van der Waals surface area contributed by atoms with Gasteiger partial charge < -0.3 is 10.2 Å². The fraction of sp³-hybridized carbons (Fsp3) is 0.278. The number of rotatable bonds is 5. The van der Waals surface area contributed by atoms with E-state index in [1.165, 1.54) is 11.3 Å². The predicted molar refractivity (Wildman–Crippen MR) is 110 cm³/mol. The lowest BCUT2D eigenvalue weighted by atomic mass is 10.2. The van der Waals surface area contributed by atoms with E-state index < -0.39 is 10.0 Å². The third kappa shape index (κ3) is 4.09. The topological polar surface area (TPSA) is 74.3 Å². The van der Waals surface area contributed by atoms with Crippen LogP contribution in [0.15, 0.2) is 46.8 Å². The molecule has 0 bridgehead atoms. The second kappa shape index (κ2) is 7.73. The van der Waals surface area contributed by atoms with Crippen LogP contribution in [0.2, 0.25) is 5.02 Å². The van der Waals surface area contributed by atoms with E-state index in [2.05, 4.69) is 19.9 Å². The average molecular weight is 423 g/mol. The van der Waals surface area contributed by atoms with E-state index in [0.717, 1.165) is 47.6 Å². The monoisotopic (exact) mass is 422 g/mol. The van der Waals surface area contributed by atoms with Gasteiger partial charge in [-0.25, -0.2) is 18.1 Å². The normalized spacial score (nSPS) is 15.4. The number of anilines is 1. The number of hydrogen-bond acceptors (Lipinski definition) is 6. The van der Waals surface area contributed by atoms with Gasteiger partial charge in [0.1, 0.15) is 10.0 Å². The zero-order chi connectivity index (χ0) is 18.9. The fourth-order valence-electron chi connectivity index (χ4n) is 3.08. The Kier molecular flexibility index (Phi) is 5.34. The van der Waals surface area contributed by atoms with Crippen molar-refractivity contribution in [1.29, 1.82) is 0 Å². The summed E-state index contributed by atoms with van der Waals surface area (Å²) < 4.78 is 29.4. The number of sulfonamides is 1. The van der Waals surface area contributed by atoms with Crippen molar-refractivity contribution in [1.82, 2.24) is 15.0 Å². The molecule has 1 aromatic carbocycles. The number of pyridine rings is 1. The van der Waals surface area contributed by atoms with Crippen molar-refractivity contribution in [3.8, 4) is 0 Å². The molecule has 0 radical (unpaired) electrons. The summed E-state index contributed by atoms with van der Waals surface area (Å²) in [5.41, 5.74) is 0.815. The first-order valence-corrected chi connectivity index (χ1v) is 11.3. The Morgan fingerprint density at radius 3 is 2.81 bits per heavy atom. The Hall–Kier alpha value is -1.71. The van der Waals surface area contributed by atoms with Gasteiger partial charge in [0.2, 0.25) is 10.0 Å². The third-order valence-corrected chi connectivity index (χ3v) is 7.65. The minimum Gasteiger partial charge on any atom is -0.354 e. The van der Waals surface area contributed by atoms with Gasteiger partial charge in [-0.3, -0.25) is 0 Å². The number of thiophene rings is 1. The smallest absolute Gasteiger partial charge is 0.250 e. The van der Waals surface area contributed by atoms with Crippen LogP contribution in [0.4, 0.5) is 5.82 Å². The minimum atomic E-state index is -3.61. The standard InChI is InChI=1S/C18H19ClN4O2S2/c19-14-3-1-2-13(10-14)12-22-27(24,25)17-11-15-16(26-17)4-5-21-18(15)23-8-6-20-7-9-23/h1-5,10-11,20,22H,6-9,12H2. The van der Waals surface area contributed by atoms with Crippen LogP contribution in [0.3, 0.4) is 0 Å². The Morgan fingerprint density at radius 2 is 2.04 bits per heavy atom. The van der Waals surface area contributed by atoms with Gasteiger partial charge in [-0.05, 0) is 29.8 Å². The molecule has 2 N–H and O–H groups in total. The van der Waals surface area contributed by atoms with Crippen molar-refractivity contribution in [3.63, 3.8) is 0 Å². The summed E-state index contributed by atoms with van der Waals surface area (Å²) in [6, 6.07) is 10.7. The number of fused-ring (bicyclic) bond motifs is 1. The summed E-state index contributed by atoms with van der Waals surface area (Å²) in [5.74, 6) is 0.849. The summed E-state index contributed by atoms with van der Waals surface area (Å²) in [4.78, 5) is 6.70. The molecule has 6 nitrogen and oxygen atoms in total. The van der Waals surface area contributed by atoms with Crippen LogP contribution in [0.5, 0.6) is 0 Å². The maximum atomic E-state index is 12.8. The quantitative estimate of drug-likeness (QED) is 0.661. The van der Waals surface area contributed by atoms with Crippen molar-refractivity contribution in [2.24, 2.45) is 0 Å². The number of benzene rings is 1. The maximum absolute atomic E-state index is 12.8. The molecule has 0 atom stereocenters. The summed E-state index contributed by atoms with van der Waals surface area (Å²) in [6.07, 6.45) is 1.74. The lowest BCUT2D eigenvalue weighted by Gasteiger charge is -2.28. The molecule has 4 rings (SSSR count).